The Labute approximate surface area is 173 Å². The zero-order valence-electron chi connectivity index (χ0n) is 18.1. The third kappa shape index (κ3) is 3.61. The number of methoxy groups -OCH3 is 2. The molecule has 29 heavy (non-hydrogen) atoms. The average molecular weight is 394 g/mol. The second kappa shape index (κ2) is 8.09. The van der Waals surface area contributed by atoms with Crippen LogP contribution in [0.1, 0.15) is 17.0 Å². The number of hydrogen-bond acceptors (Lipinski definition) is 4. The summed E-state index contributed by atoms with van der Waals surface area (Å²) < 4.78 is 13.5. The minimum absolute atomic E-state index is 0.455. The van der Waals surface area contributed by atoms with Crippen LogP contribution in [-0.2, 0) is 13.6 Å². The number of nitrogens with zero attached hydrogens (tertiary/aromatic N) is 3. The number of aryl methyl sites for hydroxylation is 1. The number of likely N-dealkylation sites (tertiary alicyclic amines) is 1. The molecule has 0 saturated carbocycles. The molecule has 2 heterocycles. The maximum absolute atomic E-state index is 5.62. The van der Waals surface area contributed by atoms with Crippen LogP contribution in [0.4, 0.5) is 0 Å². The van der Waals surface area contributed by atoms with E-state index in [1.807, 2.05) is 18.2 Å². The molecule has 2 atom stereocenters. The Balaban J connectivity index is 1.66. The van der Waals surface area contributed by atoms with Gasteiger partial charge in [0.2, 0.25) is 0 Å². The van der Waals surface area contributed by atoms with E-state index in [1.54, 1.807) is 14.2 Å². The average Bonchev–Trinajstić information content (AvgIpc) is 3.30. The Morgan fingerprint density at radius 1 is 0.966 bits per heavy atom. The van der Waals surface area contributed by atoms with Crippen molar-refractivity contribution in [3.8, 4) is 11.5 Å². The predicted octanol–water partition coefficient (Wildman–Crippen LogP) is 3.73. The maximum atomic E-state index is 5.62. The van der Waals surface area contributed by atoms with E-state index in [4.69, 9.17) is 9.47 Å². The van der Waals surface area contributed by atoms with Crippen molar-refractivity contribution < 1.29 is 9.47 Å². The Hall–Kier alpha value is -2.50. The van der Waals surface area contributed by atoms with Crippen LogP contribution >= 0.6 is 0 Å². The van der Waals surface area contributed by atoms with Crippen LogP contribution in [-0.4, -0.2) is 61.8 Å². The smallest absolute Gasteiger partial charge is 0.127 e. The van der Waals surface area contributed by atoms with Gasteiger partial charge in [-0.3, -0.25) is 4.90 Å². The van der Waals surface area contributed by atoms with E-state index in [0.29, 0.717) is 12.0 Å². The van der Waals surface area contributed by atoms with E-state index < -0.39 is 0 Å². The molecule has 0 aliphatic carbocycles. The molecule has 4 rings (SSSR count). The number of ether oxygens (including phenoxy) is 2. The van der Waals surface area contributed by atoms with E-state index in [-0.39, 0.29) is 0 Å². The molecule has 0 radical (unpaired) electrons. The second-order valence-corrected chi connectivity index (χ2v) is 8.19. The number of rotatable bonds is 6. The van der Waals surface area contributed by atoms with E-state index >= 15 is 0 Å². The summed E-state index contributed by atoms with van der Waals surface area (Å²) >= 11 is 0. The molecule has 1 aliphatic rings. The predicted molar refractivity (Wildman–Crippen MR) is 118 cm³/mol. The molecular formula is C24H31N3O2. The van der Waals surface area contributed by atoms with Gasteiger partial charge in [0.15, 0.2) is 0 Å². The highest BCUT2D eigenvalue weighted by atomic mass is 16.5. The van der Waals surface area contributed by atoms with Gasteiger partial charge in [0, 0.05) is 55.7 Å². The highest BCUT2D eigenvalue weighted by molar-refractivity contribution is 5.84. The maximum Gasteiger partial charge on any atom is 0.127 e. The van der Waals surface area contributed by atoms with Gasteiger partial charge in [-0.05, 0) is 37.9 Å². The molecule has 5 nitrogen and oxygen atoms in total. The van der Waals surface area contributed by atoms with Gasteiger partial charge in [-0.15, -0.1) is 0 Å². The van der Waals surface area contributed by atoms with Crippen molar-refractivity contribution in [1.82, 2.24) is 14.4 Å². The van der Waals surface area contributed by atoms with E-state index in [0.717, 1.165) is 36.7 Å². The highest BCUT2D eigenvalue weighted by Gasteiger charge is 2.37. The quantitative estimate of drug-likeness (QED) is 0.638. The minimum atomic E-state index is 0.455. The summed E-state index contributed by atoms with van der Waals surface area (Å²) in [4.78, 5) is 4.89. The lowest BCUT2D eigenvalue weighted by molar-refractivity contribution is 0.255. The summed E-state index contributed by atoms with van der Waals surface area (Å²) in [6, 6.07) is 15.2. The fourth-order valence-electron chi connectivity index (χ4n) is 4.80. The van der Waals surface area contributed by atoms with Gasteiger partial charge in [-0.2, -0.15) is 0 Å². The SMILES string of the molecule is COc1cccc(OC)c1CN1CC(c2cn(C)c3ccccc23)C(N(C)C)C1. The van der Waals surface area contributed by atoms with Crippen molar-refractivity contribution >= 4 is 10.9 Å². The van der Waals surface area contributed by atoms with Crippen molar-refractivity contribution in [3.63, 3.8) is 0 Å². The first-order valence-electron chi connectivity index (χ1n) is 10.2. The van der Waals surface area contributed by atoms with Gasteiger partial charge < -0.3 is 18.9 Å². The molecular weight excluding hydrogens is 362 g/mol. The largest absolute Gasteiger partial charge is 0.496 e. The van der Waals surface area contributed by atoms with Crippen molar-refractivity contribution in [2.24, 2.45) is 7.05 Å². The number of benzene rings is 2. The molecule has 3 aromatic rings. The molecule has 1 fully saturated rings. The third-order valence-corrected chi connectivity index (χ3v) is 6.27. The van der Waals surface area contributed by atoms with Gasteiger partial charge in [0.05, 0.1) is 19.8 Å². The first kappa shape index (κ1) is 19.8. The second-order valence-electron chi connectivity index (χ2n) is 8.19. The highest BCUT2D eigenvalue weighted by Crippen LogP contribution is 2.38. The lowest BCUT2D eigenvalue weighted by atomic mass is 9.93. The Kier molecular flexibility index (Phi) is 5.52. The first-order valence-corrected chi connectivity index (χ1v) is 10.2. The summed E-state index contributed by atoms with van der Waals surface area (Å²) in [7, 11) is 9.97. The summed E-state index contributed by atoms with van der Waals surface area (Å²) in [5.41, 5.74) is 3.86. The number of para-hydroxylation sites is 1. The van der Waals surface area contributed by atoms with Crippen molar-refractivity contribution in [2.75, 3.05) is 41.4 Å². The van der Waals surface area contributed by atoms with E-state index in [9.17, 15) is 0 Å². The Bertz CT molecular complexity index is 973. The number of hydrogen-bond donors (Lipinski definition) is 0. The van der Waals surface area contributed by atoms with Crippen LogP contribution in [0, 0.1) is 0 Å². The topological polar surface area (TPSA) is 29.9 Å². The molecule has 0 bridgehead atoms. The van der Waals surface area contributed by atoms with Crippen LogP contribution < -0.4 is 9.47 Å². The Morgan fingerprint density at radius 2 is 1.66 bits per heavy atom. The normalized spacial score (nSPS) is 19.9. The van der Waals surface area contributed by atoms with Gasteiger partial charge in [0.25, 0.3) is 0 Å². The molecule has 2 aromatic carbocycles. The zero-order valence-corrected chi connectivity index (χ0v) is 18.1. The molecule has 0 spiro atoms. The molecule has 1 saturated heterocycles. The molecule has 2 unspecified atom stereocenters. The number of fused-ring (bicyclic) bond motifs is 1. The first-order chi connectivity index (χ1) is 14.0. The molecule has 1 aromatic heterocycles. The van der Waals surface area contributed by atoms with Crippen molar-refractivity contribution in [1.29, 1.82) is 0 Å². The number of likely N-dealkylation sites (N-methyl/N-ethyl adjacent to an activating group) is 1. The molecule has 154 valence electrons. The van der Waals surface area contributed by atoms with Crippen LogP contribution in [0.25, 0.3) is 10.9 Å². The minimum Gasteiger partial charge on any atom is -0.496 e. The summed E-state index contributed by atoms with van der Waals surface area (Å²) in [5.74, 6) is 2.23. The summed E-state index contributed by atoms with van der Waals surface area (Å²) in [6.45, 7) is 2.85. The monoisotopic (exact) mass is 393 g/mol. The molecule has 1 aliphatic heterocycles. The fourth-order valence-corrected chi connectivity index (χ4v) is 4.80. The van der Waals surface area contributed by atoms with E-state index in [1.165, 1.54) is 16.5 Å². The lowest BCUT2D eigenvalue weighted by Gasteiger charge is -2.25. The standard InChI is InChI=1S/C24H31N3O2/c1-25(2)22-16-27(15-20-23(28-4)11-8-12-24(20)29-5)14-19(22)18-13-26(3)21-10-7-6-9-17(18)21/h6-13,19,22H,14-16H2,1-5H3. The van der Waals surface area contributed by atoms with Crippen LogP contribution in [0.5, 0.6) is 11.5 Å². The summed E-state index contributed by atoms with van der Waals surface area (Å²) in [5, 5.41) is 1.36. The molecule has 5 heteroatoms. The van der Waals surface area contributed by atoms with Crippen LogP contribution in [0.3, 0.4) is 0 Å². The van der Waals surface area contributed by atoms with Crippen molar-refractivity contribution in [3.05, 3.63) is 59.8 Å². The fraction of sp³-hybridized carbons (Fsp3) is 0.417. The zero-order chi connectivity index (χ0) is 20.5. The van der Waals surface area contributed by atoms with Gasteiger partial charge in [0.1, 0.15) is 11.5 Å². The van der Waals surface area contributed by atoms with Gasteiger partial charge in [-0.1, -0.05) is 24.3 Å². The van der Waals surface area contributed by atoms with Crippen LogP contribution in [0.2, 0.25) is 0 Å². The van der Waals surface area contributed by atoms with Gasteiger partial charge in [-0.25, -0.2) is 0 Å². The number of aromatic nitrogens is 1. The van der Waals surface area contributed by atoms with Crippen molar-refractivity contribution in [2.45, 2.75) is 18.5 Å². The molecule has 0 amide bonds. The Morgan fingerprint density at radius 3 is 2.31 bits per heavy atom. The molecule has 0 N–H and O–H groups in total. The third-order valence-electron chi connectivity index (χ3n) is 6.27. The van der Waals surface area contributed by atoms with E-state index in [2.05, 4.69) is 66.0 Å². The van der Waals surface area contributed by atoms with Crippen LogP contribution in [0.15, 0.2) is 48.7 Å². The van der Waals surface area contributed by atoms with Gasteiger partial charge >= 0.3 is 0 Å². The summed E-state index contributed by atoms with van der Waals surface area (Å²) in [6.07, 6.45) is 2.32. The lowest BCUT2D eigenvalue weighted by Crippen LogP contribution is -2.34.